The van der Waals surface area contributed by atoms with Crippen molar-refractivity contribution in [3.8, 4) is 23.0 Å². The zero-order valence-electron chi connectivity index (χ0n) is 14.6. The van der Waals surface area contributed by atoms with Crippen LogP contribution in [0.1, 0.15) is 12.5 Å². The molecule has 1 aromatic heterocycles. The Labute approximate surface area is 151 Å². The van der Waals surface area contributed by atoms with Crippen molar-refractivity contribution in [3.63, 3.8) is 0 Å². The fourth-order valence-corrected chi connectivity index (χ4v) is 2.67. The van der Waals surface area contributed by atoms with Gasteiger partial charge in [0.05, 0.1) is 25.7 Å². The summed E-state index contributed by atoms with van der Waals surface area (Å²) in [5.74, 6) is 1.51. The molecule has 6 heteroatoms. The Morgan fingerprint density at radius 3 is 2.62 bits per heavy atom. The van der Waals surface area contributed by atoms with Crippen molar-refractivity contribution in [1.29, 1.82) is 0 Å². The first-order chi connectivity index (χ1) is 12.6. The average molecular weight is 353 g/mol. The molecule has 0 aliphatic rings. The number of aliphatic carboxylic acids is 1. The quantitative estimate of drug-likeness (QED) is 0.690. The van der Waals surface area contributed by atoms with Crippen LogP contribution in [0.25, 0.3) is 10.9 Å². The molecule has 0 saturated carbocycles. The molecular formula is C20H19NO5. The fourth-order valence-electron chi connectivity index (χ4n) is 2.67. The van der Waals surface area contributed by atoms with Gasteiger partial charge in [-0.2, -0.15) is 0 Å². The molecule has 0 fully saturated rings. The van der Waals surface area contributed by atoms with Crippen molar-refractivity contribution in [2.24, 2.45) is 0 Å². The molecule has 6 nitrogen and oxygen atoms in total. The summed E-state index contributed by atoms with van der Waals surface area (Å²) < 4.78 is 16.8. The Bertz CT molecular complexity index is 939. The van der Waals surface area contributed by atoms with Gasteiger partial charge in [0.2, 0.25) is 0 Å². The molecule has 0 spiro atoms. The van der Waals surface area contributed by atoms with E-state index in [1.54, 1.807) is 30.5 Å². The molecule has 0 radical (unpaired) electrons. The number of fused-ring (bicyclic) bond motifs is 1. The summed E-state index contributed by atoms with van der Waals surface area (Å²) in [6.45, 7) is 2.52. The van der Waals surface area contributed by atoms with Gasteiger partial charge in [-0.25, -0.2) is 0 Å². The first kappa shape index (κ1) is 17.5. The highest BCUT2D eigenvalue weighted by Crippen LogP contribution is 2.33. The normalized spacial score (nSPS) is 10.5. The molecule has 26 heavy (non-hydrogen) atoms. The smallest absolute Gasteiger partial charge is 0.307 e. The van der Waals surface area contributed by atoms with Gasteiger partial charge in [-0.3, -0.25) is 9.78 Å². The van der Waals surface area contributed by atoms with Gasteiger partial charge in [0.25, 0.3) is 0 Å². The maximum absolute atomic E-state index is 10.9. The number of pyridine rings is 1. The summed E-state index contributed by atoms with van der Waals surface area (Å²) in [5.41, 5.74) is 1.36. The molecule has 0 unspecified atom stereocenters. The number of nitrogens with zero attached hydrogens (tertiary/aromatic N) is 1. The van der Waals surface area contributed by atoms with Gasteiger partial charge in [-0.15, -0.1) is 0 Å². The maximum atomic E-state index is 10.9. The first-order valence-electron chi connectivity index (χ1n) is 8.19. The summed E-state index contributed by atoms with van der Waals surface area (Å²) in [6.07, 6.45) is 1.56. The van der Waals surface area contributed by atoms with Gasteiger partial charge in [0.15, 0.2) is 0 Å². The molecule has 1 N–H and O–H groups in total. The molecule has 0 amide bonds. The largest absolute Gasteiger partial charge is 0.496 e. The summed E-state index contributed by atoms with van der Waals surface area (Å²) in [4.78, 5) is 15.3. The standard InChI is InChI=1S/C20H19NO5/c1-3-25-14-6-7-16-17(11-14)21-9-8-18(16)26-15-5-4-13(10-20(22)23)19(12-15)24-2/h4-9,11-12H,3,10H2,1-2H3,(H,22,23). The van der Waals surface area contributed by atoms with Crippen LogP contribution in [0.5, 0.6) is 23.0 Å². The third-order valence-corrected chi connectivity index (χ3v) is 3.81. The SMILES string of the molecule is CCOc1ccc2c(Oc3ccc(CC(=O)O)c(OC)c3)ccnc2c1. The number of carbonyl (C=O) groups is 1. The lowest BCUT2D eigenvalue weighted by Crippen LogP contribution is -2.02. The monoisotopic (exact) mass is 353 g/mol. The average Bonchev–Trinajstić information content (AvgIpc) is 2.63. The molecule has 3 aromatic rings. The number of methoxy groups -OCH3 is 1. The van der Waals surface area contributed by atoms with Crippen LogP contribution in [-0.4, -0.2) is 29.8 Å². The number of carboxylic acids is 1. The second-order valence-electron chi connectivity index (χ2n) is 5.57. The Morgan fingerprint density at radius 2 is 1.88 bits per heavy atom. The summed E-state index contributed by atoms with van der Waals surface area (Å²) in [6, 6.07) is 12.5. The molecule has 2 aromatic carbocycles. The maximum Gasteiger partial charge on any atom is 0.307 e. The second-order valence-corrected chi connectivity index (χ2v) is 5.57. The third-order valence-electron chi connectivity index (χ3n) is 3.81. The summed E-state index contributed by atoms with van der Waals surface area (Å²) >= 11 is 0. The predicted octanol–water partition coefficient (Wildman–Crippen LogP) is 4.06. The number of rotatable bonds is 7. The number of aromatic nitrogens is 1. The minimum absolute atomic E-state index is 0.109. The molecule has 1 heterocycles. The molecule has 0 aliphatic heterocycles. The molecule has 0 saturated heterocycles. The van der Waals surface area contributed by atoms with E-state index >= 15 is 0 Å². The van der Waals surface area contributed by atoms with Crippen molar-refractivity contribution in [3.05, 3.63) is 54.2 Å². The highest BCUT2D eigenvalue weighted by atomic mass is 16.5. The predicted molar refractivity (Wildman–Crippen MR) is 97.3 cm³/mol. The summed E-state index contributed by atoms with van der Waals surface area (Å²) in [5, 5.41) is 9.82. The van der Waals surface area contributed by atoms with Gasteiger partial charge in [0.1, 0.15) is 23.0 Å². The van der Waals surface area contributed by atoms with Crippen molar-refractivity contribution in [2.75, 3.05) is 13.7 Å². The molecular weight excluding hydrogens is 334 g/mol. The molecule has 0 aliphatic carbocycles. The van der Waals surface area contributed by atoms with E-state index in [9.17, 15) is 4.79 Å². The Kier molecular flexibility index (Phi) is 5.22. The van der Waals surface area contributed by atoms with E-state index in [0.717, 1.165) is 16.7 Å². The number of hydrogen-bond acceptors (Lipinski definition) is 5. The second kappa shape index (κ2) is 7.74. The van der Waals surface area contributed by atoms with Crippen LogP contribution in [0.15, 0.2) is 48.7 Å². The van der Waals surface area contributed by atoms with E-state index in [-0.39, 0.29) is 6.42 Å². The minimum atomic E-state index is -0.915. The van der Waals surface area contributed by atoms with Gasteiger partial charge >= 0.3 is 5.97 Å². The van der Waals surface area contributed by atoms with Crippen molar-refractivity contribution in [1.82, 2.24) is 4.98 Å². The van der Waals surface area contributed by atoms with Crippen LogP contribution in [0.4, 0.5) is 0 Å². The van der Waals surface area contributed by atoms with Crippen LogP contribution in [0, 0.1) is 0 Å². The topological polar surface area (TPSA) is 77.9 Å². The van der Waals surface area contributed by atoms with E-state index in [1.165, 1.54) is 7.11 Å². The van der Waals surface area contributed by atoms with E-state index in [2.05, 4.69) is 4.98 Å². The number of benzene rings is 2. The van der Waals surface area contributed by atoms with Crippen LogP contribution >= 0.6 is 0 Å². The Hall–Kier alpha value is -3.28. The zero-order valence-corrected chi connectivity index (χ0v) is 14.6. The number of hydrogen-bond donors (Lipinski definition) is 1. The highest BCUT2D eigenvalue weighted by Gasteiger charge is 2.11. The Balaban J connectivity index is 1.92. The van der Waals surface area contributed by atoms with E-state index in [1.807, 2.05) is 25.1 Å². The fraction of sp³-hybridized carbons (Fsp3) is 0.200. The first-order valence-corrected chi connectivity index (χ1v) is 8.19. The lowest BCUT2D eigenvalue weighted by Gasteiger charge is -2.12. The van der Waals surface area contributed by atoms with Gasteiger partial charge in [0, 0.05) is 29.3 Å². The molecule has 3 rings (SSSR count). The molecule has 0 bridgehead atoms. The van der Waals surface area contributed by atoms with E-state index in [4.69, 9.17) is 19.3 Å². The van der Waals surface area contributed by atoms with Crippen molar-refractivity contribution in [2.45, 2.75) is 13.3 Å². The van der Waals surface area contributed by atoms with Gasteiger partial charge in [-0.1, -0.05) is 6.07 Å². The highest BCUT2D eigenvalue weighted by molar-refractivity contribution is 5.86. The van der Waals surface area contributed by atoms with Crippen LogP contribution in [0.2, 0.25) is 0 Å². The Morgan fingerprint density at radius 1 is 1.08 bits per heavy atom. The van der Waals surface area contributed by atoms with Crippen LogP contribution in [-0.2, 0) is 11.2 Å². The zero-order chi connectivity index (χ0) is 18.5. The van der Waals surface area contributed by atoms with Crippen LogP contribution < -0.4 is 14.2 Å². The lowest BCUT2D eigenvalue weighted by molar-refractivity contribution is -0.136. The summed E-state index contributed by atoms with van der Waals surface area (Å²) in [7, 11) is 1.50. The van der Waals surface area contributed by atoms with Crippen LogP contribution in [0.3, 0.4) is 0 Å². The van der Waals surface area contributed by atoms with Gasteiger partial charge in [-0.05, 0) is 31.2 Å². The van der Waals surface area contributed by atoms with Crippen molar-refractivity contribution >= 4 is 16.9 Å². The number of ether oxygens (including phenoxy) is 3. The molecule has 0 atom stereocenters. The number of carboxylic acid groups (broad SMARTS) is 1. The lowest BCUT2D eigenvalue weighted by atomic mass is 10.1. The van der Waals surface area contributed by atoms with E-state index in [0.29, 0.717) is 29.4 Å². The van der Waals surface area contributed by atoms with Crippen molar-refractivity contribution < 1.29 is 24.1 Å². The van der Waals surface area contributed by atoms with Gasteiger partial charge < -0.3 is 19.3 Å². The molecule has 134 valence electrons. The van der Waals surface area contributed by atoms with E-state index < -0.39 is 5.97 Å². The minimum Gasteiger partial charge on any atom is -0.496 e. The third kappa shape index (κ3) is 3.85.